The number of hydrogen-bond donors (Lipinski definition) is 1. The Hall–Kier alpha value is -1.24. The van der Waals surface area contributed by atoms with Crippen molar-refractivity contribution in [1.82, 2.24) is 4.98 Å². The first kappa shape index (κ1) is 7.86. The third-order valence-electron chi connectivity index (χ3n) is 1.67. The molecule has 0 aliphatic carbocycles. The fourth-order valence-electron chi connectivity index (χ4n) is 1.01. The zero-order chi connectivity index (χ0) is 8.27. The van der Waals surface area contributed by atoms with E-state index in [0.717, 1.165) is 5.35 Å². The minimum absolute atomic E-state index is 0.987. The first-order chi connectivity index (χ1) is 5.25. The number of aromatic nitrogens is 1. The molecule has 1 aromatic rings. The molecule has 1 N–H and O–H groups in total. The average molecular weight is 147 g/mol. The van der Waals surface area contributed by atoms with Gasteiger partial charge in [0.1, 0.15) is 0 Å². The summed E-state index contributed by atoms with van der Waals surface area (Å²) in [5, 5.41) is 2.18. The van der Waals surface area contributed by atoms with Gasteiger partial charge in [-0.05, 0) is 19.4 Å². The van der Waals surface area contributed by atoms with Crippen molar-refractivity contribution in [3.63, 3.8) is 0 Å². The molecule has 11 heavy (non-hydrogen) atoms. The molecule has 1 heterocycles. The lowest BCUT2D eigenvalue weighted by Gasteiger charge is -1.78. The van der Waals surface area contributed by atoms with Gasteiger partial charge < -0.3 is 4.98 Å². The van der Waals surface area contributed by atoms with Gasteiger partial charge in [0.05, 0.1) is 0 Å². The van der Waals surface area contributed by atoms with Gasteiger partial charge in [-0.2, -0.15) is 0 Å². The number of allylic oxidation sites excluding steroid dienone is 2. The SMILES string of the molecule is C=c1[nH]cc(C)/c1=C/C=C\C. The minimum atomic E-state index is 0.987. The van der Waals surface area contributed by atoms with E-state index in [-0.39, 0.29) is 0 Å². The molecule has 0 aliphatic rings. The van der Waals surface area contributed by atoms with Crippen LogP contribution >= 0.6 is 0 Å². The van der Waals surface area contributed by atoms with Crippen LogP contribution in [-0.4, -0.2) is 4.98 Å². The largest absolute Gasteiger partial charge is 0.361 e. The molecule has 1 heteroatoms. The van der Waals surface area contributed by atoms with Crippen molar-refractivity contribution in [2.45, 2.75) is 13.8 Å². The summed E-state index contributed by atoms with van der Waals surface area (Å²) in [6.07, 6.45) is 8.06. The highest BCUT2D eigenvalue weighted by atomic mass is 14.6. The number of hydrogen-bond acceptors (Lipinski definition) is 0. The molecule has 0 saturated carbocycles. The Bertz CT molecular complexity index is 355. The van der Waals surface area contributed by atoms with Crippen LogP contribution in [0.15, 0.2) is 18.3 Å². The molecule has 0 unspecified atom stereocenters. The van der Waals surface area contributed by atoms with Crippen LogP contribution < -0.4 is 10.6 Å². The van der Waals surface area contributed by atoms with Crippen molar-refractivity contribution in [3.05, 3.63) is 34.5 Å². The number of nitrogens with one attached hydrogen (secondary N) is 1. The van der Waals surface area contributed by atoms with Crippen molar-refractivity contribution in [2.24, 2.45) is 0 Å². The zero-order valence-electron chi connectivity index (χ0n) is 7.02. The van der Waals surface area contributed by atoms with E-state index >= 15 is 0 Å². The van der Waals surface area contributed by atoms with Gasteiger partial charge in [-0.3, -0.25) is 0 Å². The van der Waals surface area contributed by atoms with Crippen LogP contribution in [0.4, 0.5) is 0 Å². The van der Waals surface area contributed by atoms with Gasteiger partial charge >= 0.3 is 0 Å². The van der Waals surface area contributed by atoms with Crippen LogP contribution in [-0.2, 0) is 0 Å². The quantitative estimate of drug-likeness (QED) is 0.612. The number of aromatic amines is 1. The lowest BCUT2D eigenvalue weighted by atomic mass is 10.3. The van der Waals surface area contributed by atoms with Crippen molar-refractivity contribution in [1.29, 1.82) is 0 Å². The highest BCUT2D eigenvalue weighted by Crippen LogP contribution is 1.80. The van der Waals surface area contributed by atoms with Crippen LogP contribution in [0.25, 0.3) is 12.7 Å². The van der Waals surface area contributed by atoms with E-state index in [4.69, 9.17) is 0 Å². The molecule has 0 atom stereocenters. The summed E-state index contributed by atoms with van der Waals surface area (Å²) in [5.74, 6) is 0. The van der Waals surface area contributed by atoms with Crippen LogP contribution in [0.3, 0.4) is 0 Å². The average Bonchev–Trinajstić information content (AvgIpc) is 2.29. The third-order valence-corrected chi connectivity index (χ3v) is 1.67. The topological polar surface area (TPSA) is 15.8 Å². The maximum absolute atomic E-state index is 3.87. The summed E-state index contributed by atoms with van der Waals surface area (Å²) < 4.78 is 0. The second kappa shape index (κ2) is 3.24. The summed E-state index contributed by atoms with van der Waals surface area (Å²) in [6.45, 7) is 7.94. The van der Waals surface area contributed by atoms with Crippen LogP contribution in [0.2, 0.25) is 0 Å². The number of aryl methyl sites for hydroxylation is 1. The summed E-state index contributed by atoms with van der Waals surface area (Å²) in [4.78, 5) is 3.07. The van der Waals surface area contributed by atoms with Crippen LogP contribution in [0, 0.1) is 6.92 Å². The molecule has 0 radical (unpaired) electrons. The fourth-order valence-corrected chi connectivity index (χ4v) is 1.01. The summed E-state index contributed by atoms with van der Waals surface area (Å²) >= 11 is 0. The predicted molar refractivity (Wildman–Crippen MR) is 49.6 cm³/mol. The van der Waals surface area contributed by atoms with Gasteiger partial charge in [-0.25, -0.2) is 0 Å². The highest BCUT2D eigenvalue weighted by molar-refractivity contribution is 5.39. The van der Waals surface area contributed by atoms with Gasteiger partial charge in [0.15, 0.2) is 0 Å². The van der Waals surface area contributed by atoms with Gasteiger partial charge in [0.2, 0.25) is 0 Å². The molecule has 0 spiro atoms. The third kappa shape index (κ3) is 1.61. The maximum Gasteiger partial charge on any atom is 0.0383 e. The molecule has 0 aromatic carbocycles. The molecule has 0 bridgehead atoms. The van der Waals surface area contributed by atoms with E-state index < -0.39 is 0 Å². The Morgan fingerprint density at radius 2 is 2.27 bits per heavy atom. The predicted octanol–water partition coefficient (Wildman–Crippen LogP) is 1.09. The monoisotopic (exact) mass is 147 g/mol. The van der Waals surface area contributed by atoms with E-state index in [1.807, 2.05) is 25.3 Å². The molecular formula is C10H13N. The van der Waals surface area contributed by atoms with Gasteiger partial charge in [0.25, 0.3) is 0 Å². The summed E-state index contributed by atoms with van der Waals surface area (Å²) in [5.41, 5.74) is 1.24. The number of H-pyrrole nitrogens is 1. The Balaban J connectivity index is 3.31. The Morgan fingerprint density at radius 1 is 1.55 bits per heavy atom. The summed E-state index contributed by atoms with van der Waals surface area (Å²) in [7, 11) is 0. The molecule has 0 fully saturated rings. The molecule has 1 aromatic heterocycles. The Labute approximate surface area is 66.8 Å². The second-order valence-corrected chi connectivity index (χ2v) is 2.56. The van der Waals surface area contributed by atoms with Crippen molar-refractivity contribution >= 4 is 12.7 Å². The van der Waals surface area contributed by atoms with Gasteiger partial charge in [-0.1, -0.05) is 24.8 Å². The molecule has 58 valence electrons. The Morgan fingerprint density at radius 3 is 2.73 bits per heavy atom. The molecule has 1 nitrogen and oxygen atoms in total. The first-order valence-corrected chi connectivity index (χ1v) is 3.71. The normalized spacial score (nSPS) is 13.1. The van der Waals surface area contributed by atoms with Gasteiger partial charge in [-0.15, -0.1) is 0 Å². The van der Waals surface area contributed by atoms with E-state index in [9.17, 15) is 0 Å². The summed E-state index contributed by atoms with van der Waals surface area (Å²) in [6, 6.07) is 0. The fraction of sp³-hybridized carbons (Fsp3) is 0.200. The van der Waals surface area contributed by atoms with E-state index in [1.165, 1.54) is 10.8 Å². The van der Waals surface area contributed by atoms with Gasteiger partial charge in [0, 0.05) is 16.8 Å². The molecule has 0 saturated heterocycles. The maximum atomic E-state index is 3.87. The lowest BCUT2D eigenvalue weighted by molar-refractivity contribution is 1.32. The molecular weight excluding hydrogens is 134 g/mol. The first-order valence-electron chi connectivity index (χ1n) is 3.71. The van der Waals surface area contributed by atoms with Crippen LogP contribution in [0.1, 0.15) is 12.5 Å². The lowest BCUT2D eigenvalue weighted by Crippen LogP contribution is -2.21. The van der Waals surface area contributed by atoms with E-state index in [2.05, 4.69) is 24.6 Å². The van der Waals surface area contributed by atoms with E-state index in [0.29, 0.717) is 0 Å². The van der Waals surface area contributed by atoms with E-state index in [1.54, 1.807) is 0 Å². The van der Waals surface area contributed by atoms with Crippen molar-refractivity contribution in [2.75, 3.05) is 0 Å². The van der Waals surface area contributed by atoms with Crippen LogP contribution in [0.5, 0.6) is 0 Å². The standard InChI is InChI=1S/C10H13N/c1-4-5-6-10-8(2)7-11-9(10)3/h4-7,11H,3H2,1-2H3/b5-4-,10-6-. The minimum Gasteiger partial charge on any atom is -0.361 e. The Kier molecular flexibility index (Phi) is 2.32. The van der Waals surface area contributed by atoms with Crippen molar-refractivity contribution in [3.8, 4) is 0 Å². The highest BCUT2D eigenvalue weighted by Gasteiger charge is 1.87. The van der Waals surface area contributed by atoms with Crippen molar-refractivity contribution < 1.29 is 0 Å². The number of rotatable bonds is 1. The smallest absolute Gasteiger partial charge is 0.0383 e. The second-order valence-electron chi connectivity index (χ2n) is 2.56. The molecule has 0 aliphatic heterocycles. The zero-order valence-corrected chi connectivity index (χ0v) is 7.02. The molecule has 0 amide bonds. The molecule has 1 rings (SSSR count).